The molecule has 3 heteroatoms. The van der Waals surface area contributed by atoms with Crippen molar-refractivity contribution in [3.05, 3.63) is 0 Å². The molecule has 0 bridgehead atoms. The first-order valence-corrected chi connectivity index (χ1v) is 7.48. The van der Waals surface area contributed by atoms with Crippen LogP contribution < -0.4 is 5.32 Å². The van der Waals surface area contributed by atoms with Gasteiger partial charge in [0, 0.05) is 12.0 Å². The largest absolute Gasteiger partial charge is 0.393 e. The first kappa shape index (κ1) is 15.5. The molecule has 1 saturated carbocycles. The average Bonchev–Trinajstić information content (AvgIpc) is 2.36. The van der Waals surface area contributed by atoms with Crippen molar-refractivity contribution < 1.29 is 9.90 Å². The minimum absolute atomic E-state index is 0.158. The fraction of sp³-hybridized carbons (Fsp3) is 0.933. The summed E-state index contributed by atoms with van der Waals surface area (Å²) < 4.78 is 0. The normalized spacial score (nSPS) is 27.6. The minimum Gasteiger partial charge on any atom is -0.393 e. The summed E-state index contributed by atoms with van der Waals surface area (Å²) in [5, 5.41) is 12.7. The molecule has 1 rings (SSSR count). The van der Waals surface area contributed by atoms with E-state index >= 15 is 0 Å². The maximum atomic E-state index is 12.2. The van der Waals surface area contributed by atoms with Gasteiger partial charge < -0.3 is 10.4 Å². The summed E-state index contributed by atoms with van der Waals surface area (Å²) in [5.74, 6) is 0.646. The Morgan fingerprint density at radius 3 is 2.67 bits per heavy atom. The van der Waals surface area contributed by atoms with Gasteiger partial charge >= 0.3 is 0 Å². The Hall–Kier alpha value is -0.570. The highest BCUT2D eigenvalue weighted by Gasteiger charge is 2.30. The Kier molecular flexibility index (Phi) is 6.13. The molecule has 0 aromatic rings. The Labute approximate surface area is 111 Å². The van der Waals surface area contributed by atoms with Crippen LogP contribution in [-0.2, 0) is 4.79 Å². The van der Waals surface area contributed by atoms with Crippen LogP contribution in [0.1, 0.15) is 65.7 Å². The van der Waals surface area contributed by atoms with Crippen molar-refractivity contribution >= 4 is 5.91 Å². The summed E-state index contributed by atoms with van der Waals surface area (Å²) in [6.07, 6.45) is 6.70. The smallest absolute Gasteiger partial charge is 0.225 e. The zero-order valence-electron chi connectivity index (χ0n) is 12.2. The van der Waals surface area contributed by atoms with Gasteiger partial charge in [-0.15, -0.1) is 0 Å². The van der Waals surface area contributed by atoms with Gasteiger partial charge in [-0.05, 0) is 38.0 Å². The Morgan fingerprint density at radius 1 is 1.39 bits per heavy atom. The van der Waals surface area contributed by atoms with Crippen LogP contribution in [0.5, 0.6) is 0 Å². The zero-order valence-corrected chi connectivity index (χ0v) is 12.2. The molecule has 0 saturated heterocycles. The number of aliphatic hydroxyl groups is 1. The van der Waals surface area contributed by atoms with E-state index in [2.05, 4.69) is 26.1 Å². The summed E-state index contributed by atoms with van der Waals surface area (Å²) >= 11 is 0. The summed E-state index contributed by atoms with van der Waals surface area (Å²) in [5.41, 5.74) is -0.220. The van der Waals surface area contributed by atoms with Gasteiger partial charge in [-0.1, -0.05) is 33.6 Å². The number of hydrogen-bond acceptors (Lipinski definition) is 2. The summed E-state index contributed by atoms with van der Waals surface area (Å²) in [4.78, 5) is 12.2. The molecule has 1 fully saturated rings. The molecule has 0 aromatic carbocycles. The van der Waals surface area contributed by atoms with Crippen molar-refractivity contribution in [2.24, 2.45) is 11.3 Å². The highest BCUT2D eigenvalue weighted by molar-refractivity contribution is 5.82. The first-order chi connectivity index (χ1) is 8.51. The van der Waals surface area contributed by atoms with Crippen LogP contribution >= 0.6 is 0 Å². The third-order valence-corrected chi connectivity index (χ3v) is 4.44. The Bertz CT molecular complexity index is 267. The monoisotopic (exact) mass is 255 g/mol. The molecule has 2 N–H and O–H groups in total. The second kappa shape index (κ2) is 7.13. The number of nitrogens with one attached hydrogen (secondary N) is 1. The molecule has 0 heterocycles. The van der Waals surface area contributed by atoms with Gasteiger partial charge in [-0.2, -0.15) is 0 Å². The van der Waals surface area contributed by atoms with Crippen molar-refractivity contribution in [2.75, 3.05) is 6.54 Å². The highest BCUT2D eigenvalue weighted by atomic mass is 16.3. The summed E-state index contributed by atoms with van der Waals surface area (Å²) in [6, 6.07) is 0. The quantitative estimate of drug-likeness (QED) is 0.766. The van der Waals surface area contributed by atoms with E-state index < -0.39 is 0 Å². The predicted octanol–water partition coefficient (Wildman–Crippen LogP) is 2.87. The molecule has 3 unspecified atom stereocenters. The summed E-state index contributed by atoms with van der Waals surface area (Å²) in [7, 11) is 0. The highest BCUT2D eigenvalue weighted by Crippen LogP contribution is 2.28. The van der Waals surface area contributed by atoms with E-state index in [4.69, 9.17) is 0 Å². The third kappa shape index (κ3) is 4.27. The van der Waals surface area contributed by atoms with E-state index in [9.17, 15) is 9.90 Å². The number of amides is 1. The number of carbonyl (C=O) groups excluding carboxylic acids is 1. The van der Waals surface area contributed by atoms with Gasteiger partial charge in [0.2, 0.25) is 5.91 Å². The molecule has 1 aliphatic carbocycles. The lowest BCUT2D eigenvalue weighted by atomic mass is 9.81. The molecule has 0 radical (unpaired) electrons. The van der Waals surface area contributed by atoms with Gasteiger partial charge in [-0.3, -0.25) is 4.79 Å². The zero-order chi connectivity index (χ0) is 13.6. The number of carbonyl (C=O) groups is 1. The van der Waals surface area contributed by atoms with Crippen molar-refractivity contribution in [3.63, 3.8) is 0 Å². The van der Waals surface area contributed by atoms with Gasteiger partial charge in [0.05, 0.1) is 6.10 Å². The van der Waals surface area contributed by atoms with Gasteiger partial charge in [0.25, 0.3) is 0 Å². The maximum absolute atomic E-state index is 12.2. The molecule has 18 heavy (non-hydrogen) atoms. The van der Waals surface area contributed by atoms with Crippen LogP contribution in [0, 0.1) is 11.3 Å². The van der Waals surface area contributed by atoms with Crippen molar-refractivity contribution in [1.29, 1.82) is 0 Å². The van der Waals surface area contributed by atoms with Crippen molar-refractivity contribution in [1.82, 2.24) is 5.32 Å². The molecule has 1 amide bonds. The lowest BCUT2D eigenvalue weighted by molar-refractivity contribution is -0.131. The van der Waals surface area contributed by atoms with E-state index in [0.29, 0.717) is 5.92 Å². The van der Waals surface area contributed by atoms with Crippen LogP contribution in [0.4, 0.5) is 0 Å². The van der Waals surface area contributed by atoms with Crippen LogP contribution in [0.25, 0.3) is 0 Å². The molecule has 0 spiro atoms. The van der Waals surface area contributed by atoms with Crippen LogP contribution in [0.3, 0.4) is 0 Å². The molecular weight excluding hydrogens is 226 g/mol. The lowest BCUT2D eigenvalue weighted by Gasteiger charge is -2.30. The molecular formula is C15H29NO2. The number of aliphatic hydroxyl groups excluding tert-OH is 1. The minimum atomic E-state index is -0.220. The molecule has 0 aliphatic heterocycles. The molecule has 106 valence electrons. The summed E-state index contributed by atoms with van der Waals surface area (Å²) in [6.45, 7) is 7.00. The van der Waals surface area contributed by atoms with Crippen molar-refractivity contribution in [3.8, 4) is 0 Å². The van der Waals surface area contributed by atoms with E-state index in [1.165, 1.54) is 0 Å². The van der Waals surface area contributed by atoms with Gasteiger partial charge in [0.1, 0.15) is 0 Å². The number of rotatable bonds is 6. The number of hydrogen-bond donors (Lipinski definition) is 2. The van der Waals surface area contributed by atoms with Crippen molar-refractivity contribution in [2.45, 2.75) is 71.8 Å². The van der Waals surface area contributed by atoms with Crippen LogP contribution in [-0.4, -0.2) is 23.7 Å². The second-order valence-electron chi connectivity index (χ2n) is 6.06. The van der Waals surface area contributed by atoms with E-state index in [0.717, 1.165) is 51.5 Å². The second-order valence-corrected chi connectivity index (χ2v) is 6.06. The van der Waals surface area contributed by atoms with E-state index in [1.54, 1.807) is 0 Å². The Balaban J connectivity index is 2.39. The third-order valence-electron chi connectivity index (χ3n) is 4.44. The van der Waals surface area contributed by atoms with E-state index in [-0.39, 0.29) is 17.4 Å². The first-order valence-electron chi connectivity index (χ1n) is 7.48. The van der Waals surface area contributed by atoms with Crippen LogP contribution in [0.15, 0.2) is 0 Å². The topological polar surface area (TPSA) is 49.3 Å². The Morgan fingerprint density at radius 2 is 2.11 bits per heavy atom. The lowest BCUT2D eigenvalue weighted by Crippen LogP contribution is -2.41. The standard InChI is InChI=1S/C15H29NO2/c1-4-9-15(3,5-2)14(18)16-11-12-7-6-8-13(17)10-12/h12-13,17H,4-11H2,1-3H3,(H,16,18). The molecule has 3 atom stereocenters. The van der Waals surface area contributed by atoms with Crippen LogP contribution in [0.2, 0.25) is 0 Å². The molecule has 0 aromatic heterocycles. The average molecular weight is 255 g/mol. The predicted molar refractivity (Wildman–Crippen MR) is 74.3 cm³/mol. The molecule has 3 nitrogen and oxygen atoms in total. The fourth-order valence-electron chi connectivity index (χ4n) is 2.90. The maximum Gasteiger partial charge on any atom is 0.225 e. The van der Waals surface area contributed by atoms with Gasteiger partial charge in [-0.25, -0.2) is 0 Å². The molecule has 1 aliphatic rings. The van der Waals surface area contributed by atoms with Gasteiger partial charge in [0.15, 0.2) is 0 Å². The van der Waals surface area contributed by atoms with E-state index in [1.807, 2.05) is 0 Å². The fourth-order valence-corrected chi connectivity index (χ4v) is 2.90. The SMILES string of the molecule is CCCC(C)(CC)C(=O)NCC1CCCC(O)C1.